The molecule has 0 saturated carbocycles. The molecule has 1 aromatic carbocycles. The van der Waals surface area contributed by atoms with Crippen LogP contribution >= 0.6 is 28.1 Å². The summed E-state index contributed by atoms with van der Waals surface area (Å²) in [6.07, 6.45) is 0. The molecule has 0 aromatic heterocycles. The third-order valence-corrected chi connectivity index (χ3v) is 4.38. The van der Waals surface area contributed by atoms with Gasteiger partial charge in [0.25, 0.3) is 5.91 Å². The van der Waals surface area contributed by atoms with E-state index in [0.717, 1.165) is 41.5 Å². The van der Waals surface area contributed by atoms with Gasteiger partial charge in [0.05, 0.1) is 26.2 Å². The molecule has 114 valence electrons. The molecule has 0 unspecified atom stereocenters. The lowest BCUT2D eigenvalue weighted by atomic mass is 10.3. The number of nitrogens with one attached hydrogen (secondary N) is 3. The van der Waals surface area contributed by atoms with E-state index in [9.17, 15) is 4.79 Å². The third-order valence-electron chi connectivity index (χ3n) is 3.52. The number of rotatable bonds is 3. The molecule has 0 spiro atoms. The first kappa shape index (κ1) is 16.2. The van der Waals surface area contributed by atoms with Gasteiger partial charge >= 0.3 is 0 Å². The smallest absolute Gasteiger partial charge is 0.274 e. The highest BCUT2D eigenvalue weighted by Gasteiger charge is 2.23. The average molecular weight is 372 g/mol. The minimum atomic E-state index is 0.0910. The Hall–Kier alpha value is -1.18. The van der Waals surface area contributed by atoms with Crippen molar-refractivity contribution in [1.29, 1.82) is 0 Å². The van der Waals surface area contributed by atoms with Crippen LogP contribution in [0.2, 0.25) is 0 Å². The van der Waals surface area contributed by atoms with Gasteiger partial charge in [-0.3, -0.25) is 4.79 Å². The Morgan fingerprint density at radius 1 is 1.43 bits per heavy atom. The van der Waals surface area contributed by atoms with Crippen molar-refractivity contribution >= 4 is 44.9 Å². The standard InChI is InChI=1S/C14H19BrN4OS/c1-16-13(20)10-18-5-7-19(8-6-18)14(21)17-12-4-2-3-11(15)9-12/h2-4,9H,5-8,10H2,1H3,(H,16,20)(H,17,21)/p+1. The van der Waals surface area contributed by atoms with E-state index in [4.69, 9.17) is 12.2 Å². The second-order valence-corrected chi connectivity index (χ2v) is 6.33. The largest absolute Gasteiger partial charge is 0.354 e. The molecule has 0 bridgehead atoms. The molecule has 1 heterocycles. The molecule has 1 aliphatic rings. The Labute approximate surface area is 138 Å². The van der Waals surface area contributed by atoms with E-state index < -0.39 is 0 Å². The van der Waals surface area contributed by atoms with E-state index in [2.05, 4.69) is 31.5 Å². The number of thiocarbonyl (C=S) groups is 1. The van der Waals surface area contributed by atoms with Gasteiger partial charge in [-0.1, -0.05) is 22.0 Å². The van der Waals surface area contributed by atoms with E-state index in [-0.39, 0.29) is 5.91 Å². The predicted octanol–water partition coefficient (Wildman–Crippen LogP) is 0.0924. The van der Waals surface area contributed by atoms with Crippen LogP contribution in [0.15, 0.2) is 28.7 Å². The highest BCUT2D eigenvalue weighted by Crippen LogP contribution is 2.16. The Balaban J connectivity index is 1.82. The number of hydrogen-bond acceptors (Lipinski definition) is 2. The summed E-state index contributed by atoms with van der Waals surface area (Å²) >= 11 is 8.91. The van der Waals surface area contributed by atoms with Gasteiger partial charge in [-0.15, -0.1) is 0 Å². The highest BCUT2D eigenvalue weighted by molar-refractivity contribution is 9.10. The molecule has 5 nitrogen and oxygen atoms in total. The summed E-state index contributed by atoms with van der Waals surface area (Å²) in [7, 11) is 1.68. The number of carbonyl (C=O) groups excluding carboxylic acids is 1. The van der Waals surface area contributed by atoms with Crippen LogP contribution in [0, 0.1) is 0 Å². The molecular weight excluding hydrogens is 352 g/mol. The summed E-state index contributed by atoms with van der Waals surface area (Å²) in [6, 6.07) is 7.94. The zero-order valence-electron chi connectivity index (χ0n) is 12.0. The van der Waals surface area contributed by atoms with Gasteiger partial charge in [0.1, 0.15) is 0 Å². The van der Waals surface area contributed by atoms with Crippen LogP contribution in [0.4, 0.5) is 5.69 Å². The molecule has 1 amide bonds. The van der Waals surface area contributed by atoms with Crippen LogP contribution in [-0.2, 0) is 4.79 Å². The lowest BCUT2D eigenvalue weighted by Crippen LogP contribution is -3.15. The minimum absolute atomic E-state index is 0.0910. The van der Waals surface area contributed by atoms with Gasteiger partial charge in [0.2, 0.25) is 0 Å². The van der Waals surface area contributed by atoms with Gasteiger partial charge < -0.3 is 20.4 Å². The van der Waals surface area contributed by atoms with Crippen LogP contribution in [-0.4, -0.2) is 55.7 Å². The summed E-state index contributed by atoms with van der Waals surface area (Å²) in [4.78, 5) is 14.8. The van der Waals surface area contributed by atoms with Crippen molar-refractivity contribution in [1.82, 2.24) is 10.2 Å². The molecule has 1 aliphatic heterocycles. The number of halogens is 1. The van der Waals surface area contributed by atoms with E-state index >= 15 is 0 Å². The third kappa shape index (κ3) is 4.94. The number of quaternary nitrogens is 1. The van der Waals surface area contributed by atoms with Gasteiger partial charge in [-0.05, 0) is 30.4 Å². The lowest BCUT2D eigenvalue weighted by Gasteiger charge is -2.33. The number of anilines is 1. The van der Waals surface area contributed by atoms with Crippen LogP contribution in [0.3, 0.4) is 0 Å². The fraction of sp³-hybridized carbons (Fsp3) is 0.429. The zero-order chi connectivity index (χ0) is 15.2. The minimum Gasteiger partial charge on any atom is -0.354 e. The van der Waals surface area contributed by atoms with Gasteiger partial charge in [-0.25, -0.2) is 0 Å². The second-order valence-electron chi connectivity index (χ2n) is 5.03. The van der Waals surface area contributed by atoms with E-state index in [1.165, 1.54) is 4.90 Å². The molecular formula is C14H20BrN4OS+. The normalized spacial score (nSPS) is 15.6. The quantitative estimate of drug-likeness (QED) is 0.659. The maximum Gasteiger partial charge on any atom is 0.274 e. The number of likely N-dealkylation sites (N-methyl/N-ethyl adjacent to an activating group) is 1. The van der Waals surface area contributed by atoms with Crippen LogP contribution < -0.4 is 15.5 Å². The van der Waals surface area contributed by atoms with Crippen molar-refractivity contribution in [2.45, 2.75) is 0 Å². The molecule has 1 saturated heterocycles. The first-order valence-electron chi connectivity index (χ1n) is 6.94. The van der Waals surface area contributed by atoms with E-state index in [0.29, 0.717) is 6.54 Å². The lowest BCUT2D eigenvalue weighted by molar-refractivity contribution is -0.895. The summed E-state index contributed by atoms with van der Waals surface area (Å²) < 4.78 is 1.02. The zero-order valence-corrected chi connectivity index (χ0v) is 14.4. The van der Waals surface area contributed by atoms with Crippen molar-refractivity contribution in [3.05, 3.63) is 28.7 Å². The fourth-order valence-electron chi connectivity index (χ4n) is 2.29. The Morgan fingerprint density at radius 3 is 2.76 bits per heavy atom. The van der Waals surface area contributed by atoms with E-state index in [1.807, 2.05) is 24.3 Å². The number of nitrogens with zero attached hydrogens (tertiary/aromatic N) is 1. The predicted molar refractivity (Wildman–Crippen MR) is 91.6 cm³/mol. The molecule has 0 atom stereocenters. The number of piperazine rings is 1. The summed E-state index contributed by atoms with van der Waals surface area (Å²) in [6.45, 7) is 4.12. The first-order chi connectivity index (χ1) is 10.1. The number of carbonyl (C=O) groups is 1. The molecule has 7 heteroatoms. The van der Waals surface area contributed by atoms with Crippen LogP contribution in [0.25, 0.3) is 0 Å². The summed E-state index contributed by atoms with van der Waals surface area (Å²) in [5.74, 6) is 0.0910. The molecule has 0 aliphatic carbocycles. The maximum atomic E-state index is 11.4. The number of hydrogen-bond donors (Lipinski definition) is 3. The van der Waals surface area contributed by atoms with Crippen molar-refractivity contribution in [2.24, 2.45) is 0 Å². The summed E-state index contributed by atoms with van der Waals surface area (Å²) in [5, 5.41) is 6.67. The van der Waals surface area contributed by atoms with Crippen molar-refractivity contribution < 1.29 is 9.69 Å². The molecule has 2 rings (SSSR count). The second kappa shape index (κ2) is 7.72. The Bertz CT molecular complexity index is 517. The van der Waals surface area contributed by atoms with Crippen LogP contribution in [0.5, 0.6) is 0 Å². The molecule has 1 fully saturated rings. The van der Waals surface area contributed by atoms with Crippen LogP contribution in [0.1, 0.15) is 0 Å². The number of amides is 1. The van der Waals surface area contributed by atoms with Gasteiger partial charge in [0, 0.05) is 17.2 Å². The molecule has 3 N–H and O–H groups in total. The summed E-state index contributed by atoms with van der Waals surface area (Å²) in [5.41, 5.74) is 0.981. The first-order valence-corrected chi connectivity index (χ1v) is 8.14. The van der Waals surface area contributed by atoms with E-state index in [1.54, 1.807) is 7.05 Å². The molecule has 21 heavy (non-hydrogen) atoms. The molecule has 0 radical (unpaired) electrons. The maximum absolute atomic E-state index is 11.4. The average Bonchev–Trinajstić information content (AvgIpc) is 2.47. The SMILES string of the molecule is CNC(=O)C[NH+]1CCN(C(=S)Nc2cccc(Br)c2)CC1. The van der Waals surface area contributed by atoms with Gasteiger partial charge in [-0.2, -0.15) is 0 Å². The number of benzene rings is 1. The Morgan fingerprint density at radius 2 is 2.14 bits per heavy atom. The monoisotopic (exact) mass is 371 g/mol. The topological polar surface area (TPSA) is 48.8 Å². The Kier molecular flexibility index (Phi) is 5.96. The highest BCUT2D eigenvalue weighted by atomic mass is 79.9. The molecule has 1 aromatic rings. The van der Waals surface area contributed by atoms with Crippen molar-refractivity contribution in [3.63, 3.8) is 0 Å². The fourth-order valence-corrected chi connectivity index (χ4v) is 2.99. The van der Waals surface area contributed by atoms with Crippen molar-refractivity contribution in [2.75, 3.05) is 45.1 Å². The van der Waals surface area contributed by atoms with Gasteiger partial charge in [0.15, 0.2) is 11.7 Å². The van der Waals surface area contributed by atoms with Crippen molar-refractivity contribution in [3.8, 4) is 0 Å².